The highest BCUT2D eigenvalue weighted by Gasteiger charge is 2.21. The van der Waals surface area contributed by atoms with Gasteiger partial charge in [0.2, 0.25) is 5.95 Å². The second kappa shape index (κ2) is 9.00. The molecule has 2 heterocycles. The zero-order valence-electron chi connectivity index (χ0n) is 15.4. The molecule has 0 unspecified atom stereocenters. The van der Waals surface area contributed by atoms with Crippen molar-refractivity contribution < 1.29 is 9.53 Å². The number of hydrogen-bond acceptors (Lipinski definition) is 5. The number of carbonyl (C=O) groups excluding carboxylic acids is 1. The Morgan fingerprint density at radius 3 is 2.62 bits per heavy atom. The highest BCUT2D eigenvalue weighted by molar-refractivity contribution is 5.90. The van der Waals surface area contributed by atoms with Crippen molar-refractivity contribution in [2.24, 2.45) is 7.05 Å². The van der Waals surface area contributed by atoms with E-state index in [1.807, 2.05) is 32.0 Å². The molecule has 2 N–H and O–H groups in total. The standard InChI is InChI=1S/C18H25N5O2.ClH/c1-12-5-4-6-13(2)16(12)25-11-15(24)20-18-21-17(22-23(18)3)14-7-9-19-10-8-14;/h4-6,14,19H,7-11H2,1-3H3,(H,20,21,22,24);1H. The predicted octanol–water partition coefficient (Wildman–Crippen LogP) is 2.34. The summed E-state index contributed by atoms with van der Waals surface area (Å²) in [5.74, 6) is 2.13. The number of hydrogen-bond donors (Lipinski definition) is 2. The van der Waals surface area contributed by atoms with E-state index in [9.17, 15) is 4.79 Å². The first-order valence-corrected chi connectivity index (χ1v) is 8.65. The zero-order chi connectivity index (χ0) is 17.8. The summed E-state index contributed by atoms with van der Waals surface area (Å²) in [6, 6.07) is 5.90. The molecule has 0 aliphatic carbocycles. The molecule has 1 fully saturated rings. The fourth-order valence-corrected chi connectivity index (χ4v) is 3.09. The molecular weight excluding hydrogens is 354 g/mol. The number of nitrogens with zero attached hydrogens (tertiary/aromatic N) is 3. The fourth-order valence-electron chi connectivity index (χ4n) is 3.09. The van der Waals surface area contributed by atoms with E-state index in [4.69, 9.17) is 4.74 Å². The SMILES string of the molecule is Cc1cccc(C)c1OCC(=O)Nc1nc(C2CCNCC2)nn1C.Cl. The van der Waals surface area contributed by atoms with Gasteiger partial charge in [-0.05, 0) is 50.9 Å². The number of ether oxygens (including phenoxy) is 1. The van der Waals surface area contributed by atoms with Gasteiger partial charge in [-0.3, -0.25) is 10.1 Å². The van der Waals surface area contributed by atoms with E-state index in [1.165, 1.54) is 0 Å². The van der Waals surface area contributed by atoms with Gasteiger partial charge in [0.15, 0.2) is 12.4 Å². The van der Waals surface area contributed by atoms with E-state index in [2.05, 4.69) is 20.7 Å². The second-order valence-electron chi connectivity index (χ2n) is 6.50. The fraction of sp³-hybridized carbons (Fsp3) is 0.500. The van der Waals surface area contributed by atoms with E-state index in [0.717, 1.165) is 48.6 Å². The second-order valence-corrected chi connectivity index (χ2v) is 6.50. The number of aromatic nitrogens is 3. The maximum absolute atomic E-state index is 12.2. The van der Waals surface area contributed by atoms with Crippen LogP contribution in [0.25, 0.3) is 0 Å². The van der Waals surface area contributed by atoms with Crippen LogP contribution in [0.5, 0.6) is 5.75 Å². The molecule has 1 aromatic heterocycles. The number of halogens is 1. The van der Waals surface area contributed by atoms with Gasteiger partial charge in [-0.25, -0.2) is 4.68 Å². The third-order valence-electron chi connectivity index (χ3n) is 4.49. The molecule has 1 amide bonds. The lowest BCUT2D eigenvalue weighted by Crippen LogP contribution is -2.27. The third kappa shape index (κ3) is 4.74. The van der Waals surface area contributed by atoms with Gasteiger partial charge in [-0.2, -0.15) is 10.1 Å². The Morgan fingerprint density at radius 1 is 1.31 bits per heavy atom. The minimum Gasteiger partial charge on any atom is -0.483 e. The first-order chi connectivity index (χ1) is 12.0. The van der Waals surface area contributed by atoms with E-state index in [-0.39, 0.29) is 24.9 Å². The van der Waals surface area contributed by atoms with Crippen molar-refractivity contribution in [1.82, 2.24) is 20.1 Å². The molecule has 3 rings (SSSR count). The van der Waals surface area contributed by atoms with Crippen LogP contribution in [0, 0.1) is 13.8 Å². The number of benzene rings is 1. The highest BCUT2D eigenvalue weighted by Crippen LogP contribution is 2.24. The number of rotatable bonds is 5. The van der Waals surface area contributed by atoms with Crippen LogP contribution < -0.4 is 15.4 Å². The van der Waals surface area contributed by atoms with Crippen molar-refractivity contribution in [3.05, 3.63) is 35.2 Å². The minimum atomic E-state index is -0.241. The van der Waals surface area contributed by atoms with Gasteiger partial charge < -0.3 is 10.1 Å². The predicted molar refractivity (Wildman–Crippen MR) is 103 cm³/mol. The molecule has 1 aliphatic rings. The first kappa shape index (κ1) is 20.2. The zero-order valence-corrected chi connectivity index (χ0v) is 16.2. The molecule has 0 spiro atoms. The summed E-state index contributed by atoms with van der Waals surface area (Å²) in [6.07, 6.45) is 2.04. The number of aryl methyl sites for hydroxylation is 3. The van der Waals surface area contributed by atoms with Crippen LogP contribution in [0.4, 0.5) is 5.95 Å². The Hall–Kier alpha value is -2.12. The maximum Gasteiger partial charge on any atom is 0.264 e. The number of anilines is 1. The molecule has 1 saturated heterocycles. The molecule has 2 aromatic rings. The lowest BCUT2D eigenvalue weighted by molar-refractivity contribution is -0.118. The van der Waals surface area contributed by atoms with Crippen molar-refractivity contribution in [1.29, 1.82) is 0 Å². The molecule has 142 valence electrons. The van der Waals surface area contributed by atoms with E-state index < -0.39 is 0 Å². The van der Waals surface area contributed by atoms with Crippen molar-refractivity contribution in [2.75, 3.05) is 25.0 Å². The van der Waals surface area contributed by atoms with Crippen LogP contribution in [0.2, 0.25) is 0 Å². The van der Waals surface area contributed by atoms with Gasteiger partial charge in [0.05, 0.1) is 0 Å². The summed E-state index contributed by atoms with van der Waals surface area (Å²) in [7, 11) is 1.79. The van der Waals surface area contributed by atoms with Gasteiger partial charge in [-0.1, -0.05) is 18.2 Å². The average Bonchev–Trinajstić information content (AvgIpc) is 2.96. The quantitative estimate of drug-likeness (QED) is 0.833. The molecule has 8 heteroatoms. The molecule has 1 aliphatic heterocycles. The third-order valence-corrected chi connectivity index (χ3v) is 4.49. The van der Waals surface area contributed by atoms with Gasteiger partial charge in [0.1, 0.15) is 5.75 Å². The Balaban J connectivity index is 0.00000243. The molecule has 0 saturated carbocycles. The van der Waals surface area contributed by atoms with Crippen LogP contribution in [-0.4, -0.2) is 40.4 Å². The summed E-state index contributed by atoms with van der Waals surface area (Å²) >= 11 is 0. The average molecular weight is 380 g/mol. The number of piperidine rings is 1. The van der Waals surface area contributed by atoms with Crippen molar-refractivity contribution in [2.45, 2.75) is 32.6 Å². The van der Waals surface area contributed by atoms with Crippen LogP contribution in [0.3, 0.4) is 0 Å². The topological polar surface area (TPSA) is 81.1 Å². The highest BCUT2D eigenvalue weighted by atomic mass is 35.5. The van der Waals surface area contributed by atoms with E-state index >= 15 is 0 Å². The summed E-state index contributed by atoms with van der Waals surface area (Å²) in [4.78, 5) is 16.7. The van der Waals surface area contributed by atoms with Crippen LogP contribution >= 0.6 is 12.4 Å². The monoisotopic (exact) mass is 379 g/mol. The van der Waals surface area contributed by atoms with Gasteiger partial charge in [0, 0.05) is 13.0 Å². The Labute approximate surface area is 159 Å². The number of amides is 1. The molecule has 0 bridgehead atoms. The van der Waals surface area contributed by atoms with E-state index in [1.54, 1.807) is 11.7 Å². The molecule has 1 aromatic carbocycles. The lowest BCUT2D eigenvalue weighted by atomic mass is 9.98. The lowest BCUT2D eigenvalue weighted by Gasteiger charge is -2.19. The minimum absolute atomic E-state index is 0. The van der Waals surface area contributed by atoms with Crippen molar-refractivity contribution in [3.8, 4) is 5.75 Å². The smallest absolute Gasteiger partial charge is 0.264 e. The summed E-state index contributed by atoms with van der Waals surface area (Å²) in [5.41, 5.74) is 2.03. The Morgan fingerprint density at radius 2 is 1.96 bits per heavy atom. The van der Waals surface area contributed by atoms with Gasteiger partial charge in [0.25, 0.3) is 5.91 Å². The van der Waals surface area contributed by atoms with Gasteiger partial charge >= 0.3 is 0 Å². The van der Waals surface area contributed by atoms with Crippen molar-refractivity contribution in [3.63, 3.8) is 0 Å². The summed E-state index contributed by atoms with van der Waals surface area (Å²) in [5, 5.41) is 10.6. The normalized spacial score (nSPS) is 14.6. The van der Waals surface area contributed by atoms with Crippen LogP contribution in [0.1, 0.15) is 35.7 Å². The molecule has 7 nitrogen and oxygen atoms in total. The van der Waals surface area contributed by atoms with Crippen molar-refractivity contribution >= 4 is 24.3 Å². The number of carbonyl (C=O) groups is 1. The Kier molecular flexibility index (Phi) is 6.99. The first-order valence-electron chi connectivity index (χ1n) is 8.65. The molecule has 0 radical (unpaired) electrons. The van der Waals surface area contributed by atoms with Gasteiger partial charge in [-0.15, -0.1) is 12.4 Å². The molecular formula is C18H26ClN5O2. The number of para-hydroxylation sites is 1. The molecule has 0 atom stereocenters. The van der Waals surface area contributed by atoms with Crippen LogP contribution in [-0.2, 0) is 11.8 Å². The number of nitrogens with one attached hydrogen (secondary N) is 2. The summed E-state index contributed by atoms with van der Waals surface area (Å²) in [6.45, 7) is 5.84. The van der Waals surface area contributed by atoms with E-state index in [0.29, 0.717) is 11.9 Å². The summed E-state index contributed by atoms with van der Waals surface area (Å²) < 4.78 is 7.31. The maximum atomic E-state index is 12.2. The largest absolute Gasteiger partial charge is 0.483 e. The Bertz CT molecular complexity index is 736. The van der Waals surface area contributed by atoms with Crippen LogP contribution in [0.15, 0.2) is 18.2 Å². The molecule has 26 heavy (non-hydrogen) atoms.